The molecular weight excluding hydrogens is 216 g/mol. The molecule has 0 saturated carbocycles. The Morgan fingerprint density at radius 3 is 2.82 bits per heavy atom. The first-order valence-corrected chi connectivity index (χ1v) is 5.74. The maximum Gasteiger partial charge on any atom is 0.221 e. The number of pyridine rings is 1. The molecule has 1 heterocycles. The van der Waals surface area contributed by atoms with E-state index in [1.807, 2.05) is 26.8 Å². The van der Waals surface area contributed by atoms with Gasteiger partial charge in [-0.05, 0) is 32.4 Å². The van der Waals surface area contributed by atoms with Crippen molar-refractivity contribution < 1.29 is 4.79 Å². The van der Waals surface area contributed by atoms with Crippen LogP contribution < -0.4 is 16.4 Å². The summed E-state index contributed by atoms with van der Waals surface area (Å²) < 4.78 is 0. The molecule has 0 spiro atoms. The van der Waals surface area contributed by atoms with E-state index in [1.54, 1.807) is 6.20 Å². The third-order valence-electron chi connectivity index (χ3n) is 2.26. The van der Waals surface area contributed by atoms with Gasteiger partial charge in [-0.2, -0.15) is 0 Å². The molecular formula is C12H20N4O. The number of anilines is 2. The van der Waals surface area contributed by atoms with Crippen LogP contribution >= 0.6 is 0 Å². The lowest BCUT2D eigenvalue weighted by atomic mass is 10.2. The first-order chi connectivity index (χ1) is 7.99. The van der Waals surface area contributed by atoms with E-state index in [-0.39, 0.29) is 11.9 Å². The largest absolute Gasteiger partial charge is 0.397 e. The predicted octanol–water partition coefficient (Wildman–Crippen LogP) is 1.30. The van der Waals surface area contributed by atoms with Crippen LogP contribution in [0.5, 0.6) is 0 Å². The lowest BCUT2D eigenvalue weighted by molar-refractivity contribution is -0.121. The summed E-state index contributed by atoms with van der Waals surface area (Å²) in [6.07, 6.45) is 2.05. The molecule has 1 aromatic heterocycles. The number of hydrogen-bond donors (Lipinski definition) is 3. The van der Waals surface area contributed by atoms with Gasteiger partial charge in [0.25, 0.3) is 0 Å². The number of rotatable bonds is 5. The summed E-state index contributed by atoms with van der Waals surface area (Å²) in [4.78, 5) is 15.5. The molecule has 1 aromatic rings. The molecule has 4 N–H and O–H groups in total. The number of nitrogens with zero attached hydrogens (tertiary/aromatic N) is 1. The highest BCUT2D eigenvalue weighted by Crippen LogP contribution is 2.12. The third kappa shape index (κ3) is 4.72. The molecule has 0 bridgehead atoms. The molecule has 0 saturated heterocycles. The molecule has 5 nitrogen and oxygen atoms in total. The number of aryl methyl sites for hydroxylation is 1. The van der Waals surface area contributed by atoms with Gasteiger partial charge in [0.2, 0.25) is 5.91 Å². The van der Waals surface area contributed by atoms with Crippen LogP contribution in [0.3, 0.4) is 0 Å². The summed E-state index contributed by atoms with van der Waals surface area (Å²) in [5, 5.41) is 5.92. The van der Waals surface area contributed by atoms with Crippen LogP contribution in [0.25, 0.3) is 0 Å². The Bertz CT molecular complexity index is 390. The van der Waals surface area contributed by atoms with Gasteiger partial charge in [-0.15, -0.1) is 0 Å². The van der Waals surface area contributed by atoms with Crippen LogP contribution in [0, 0.1) is 6.92 Å². The number of nitrogens with one attached hydrogen (secondary N) is 2. The molecule has 1 rings (SSSR count). The number of amides is 1. The SMILES string of the molecule is Cc1cc(NCCC(=O)NC(C)C)ncc1N. The van der Waals surface area contributed by atoms with Crippen molar-refractivity contribution in [2.45, 2.75) is 33.2 Å². The monoisotopic (exact) mass is 236 g/mol. The number of nitrogens with two attached hydrogens (primary N) is 1. The van der Waals surface area contributed by atoms with E-state index < -0.39 is 0 Å². The van der Waals surface area contributed by atoms with Crippen molar-refractivity contribution in [3.05, 3.63) is 17.8 Å². The lowest BCUT2D eigenvalue weighted by Crippen LogP contribution is -2.31. The van der Waals surface area contributed by atoms with Crippen molar-refractivity contribution >= 4 is 17.4 Å². The van der Waals surface area contributed by atoms with Gasteiger partial charge in [0, 0.05) is 19.0 Å². The number of nitrogen functional groups attached to an aromatic ring is 1. The van der Waals surface area contributed by atoms with Gasteiger partial charge in [-0.1, -0.05) is 0 Å². The second-order valence-corrected chi connectivity index (χ2v) is 4.33. The summed E-state index contributed by atoms with van der Waals surface area (Å²) in [5.74, 6) is 0.786. The minimum absolute atomic E-state index is 0.0414. The minimum Gasteiger partial charge on any atom is -0.397 e. The Labute approximate surface area is 102 Å². The fourth-order valence-electron chi connectivity index (χ4n) is 1.36. The molecule has 0 aliphatic rings. The highest BCUT2D eigenvalue weighted by molar-refractivity contribution is 5.76. The van der Waals surface area contributed by atoms with Gasteiger partial charge >= 0.3 is 0 Å². The van der Waals surface area contributed by atoms with Gasteiger partial charge < -0.3 is 16.4 Å². The molecule has 0 fully saturated rings. The van der Waals surface area contributed by atoms with Crippen LogP contribution in [0.4, 0.5) is 11.5 Å². The molecule has 17 heavy (non-hydrogen) atoms. The van der Waals surface area contributed by atoms with E-state index >= 15 is 0 Å². The minimum atomic E-state index is 0.0414. The Kier molecular flexibility index (Phi) is 4.75. The quantitative estimate of drug-likeness (QED) is 0.720. The van der Waals surface area contributed by atoms with Gasteiger partial charge in [0.15, 0.2) is 0 Å². The van der Waals surface area contributed by atoms with E-state index in [2.05, 4.69) is 15.6 Å². The molecule has 1 amide bonds. The zero-order chi connectivity index (χ0) is 12.8. The summed E-state index contributed by atoms with van der Waals surface area (Å²) >= 11 is 0. The van der Waals surface area contributed by atoms with E-state index in [4.69, 9.17) is 5.73 Å². The normalized spacial score (nSPS) is 10.4. The van der Waals surface area contributed by atoms with Gasteiger partial charge in [-0.3, -0.25) is 4.79 Å². The number of carbonyl (C=O) groups excluding carboxylic acids is 1. The summed E-state index contributed by atoms with van der Waals surface area (Å²) in [5.41, 5.74) is 7.32. The van der Waals surface area contributed by atoms with Crippen molar-refractivity contribution in [2.75, 3.05) is 17.6 Å². The zero-order valence-electron chi connectivity index (χ0n) is 10.6. The molecule has 0 aliphatic carbocycles. The predicted molar refractivity (Wildman–Crippen MR) is 69.8 cm³/mol. The van der Waals surface area contributed by atoms with E-state index in [9.17, 15) is 4.79 Å². The number of hydrogen-bond acceptors (Lipinski definition) is 4. The second-order valence-electron chi connectivity index (χ2n) is 4.33. The van der Waals surface area contributed by atoms with Crippen molar-refractivity contribution in [3.63, 3.8) is 0 Å². The van der Waals surface area contributed by atoms with Crippen LogP contribution in [0.15, 0.2) is 12.3 Å². The fourth-order valence-corrected chi connectivity index (χ4v) is 1.36. The van der Waals surface area contributed by atoms with Gasteiger partial charge in [0.05, 0.1) is 11.9 Å². The zero-order valence-corrected chi connectivity index (χ0v) is 10.6. The van der Waals surface area contributed by atoms with Gasteiger partial charge in [0.1, 0.15) is 5.82 Å². The Morgan fingerprint density at radius 2 is 2.24 bits per heavy atom. The summed E-state index contributed by atoms with van der Waals surface area (Å²) in [7, 11) is 0. The molecule has 94 valence electrons. The van der Waals surface area contributed by atoms with Crippen LogP contribution in [-0.2, 0) is 4.79 Å². The average molecular weight is 236 g/mol. The average Bonchev–Trinajstić information content (AvgIpc) is 2.22. The van der Waals surface area contributed by atoms with Crippen molar-refractivity contribution in [3.8, 4) is 0 Å². The number of aromatic nitrogens is 1. The van der Waals surface area contributed by atoms with Crippen LogP contribution in [0.2, 0.25) is 0 Å². The third-order valence-corrected chi connectivity index (χ3v) is 2.26. The standard InChI is InChI=1S/C12H20N4O/c1-8(2)16-12(17)4-5-14-11-6-9(3)10(13)7-15-11/h6-8H,4-5,13H2,1-3H3,(H,14,15)(H,16,17). The Balaban J connectivity index is 2.36. The molecule has 0 unspecified atom stereocenters. The van der Waals surface area contributed by atoms with E-state index in [1.165, 1.54) is 0 Å². The number of carbonyl (C=O) groups is 1. The fraction of sp³-hybridized carbons (Fsp3) is 0.500. The van der Waals surface area contributed by atoms with Crippen LogP contribution in [-0.4, -0.2) is 23.5 Å². The topological polar surface area (TPSA) is 80.0 Å². The first-order valence-electron chi connectivity index (χ1n) is 5.74. The van der Waals surface area contributed by atoms with Crippen molar-refractivity contribution in [1.29, 1.82) is 0 Å². The summed E-state index contributed by atoms with van der Waals surface area (Å²) in [6, 6.07) is 2.05. The van der Waals surface area contributed by atoms with E-state index in [0.29, 0.717) is 18.7 Å². The lowest BCUT2D eigenvalue weighted by Gasteiger charge is -2.09. The van der Waals surface area contributed by atoms with Crippen LogP contribution in [0.1, 0.15) is 25.8 Å². The van der Waals surface area contributed by atoms with Crippen molar-refractivity contribution in [2.24, 2.45) is 0 Å². The van der Waals surface area contributed by atoms with Gasteiger partial charge in [-0.25, -0.2) is 4.98 Å². The highest BCUT2D eigenvalue weighted by Gasteiger charge is 2.03. The Morgan fingerprint density at radius 1 is 1.53 bits per heavy atom. The van der Waals surface area contributed by atoms with Crippen molar-refractivity contribution in [1.82, 2.24) is 10.3 Å². The molecule has 0 atom stereocenters. The van der Waals surface area contributed by atoms with E-state index in [0.717, 1.165) is 11.4 Å². The molecule has 5 heteroatoms. The maximum absolute atomic E-state index is 11.4. The maximum atomic E-state index is 11.4. The molecule has 0 aromatic carbocycles. The summed E-state index contributed by atoms with van der Waals surface area (Å²) in [6.45, 7) is 6.37. The first kappa shape index (κ1) is 13.3. The second kappa shape index (κ2) is 6.08. The highest BCUT2D eigenvalue weighted by atomic mass is 16.1. The molecule has 0 aliphatic heterocycles. The Hall–Kier alpha value is -1.78. The molecule has 0 radical (unpaired) electrons. The smallest absolute Gasteiger partial charge is 0.221 e.